The smallest absolute Gasteiger partial charge is 0.211 e. The Labute approximate surface area is 220 Å². The predicted octanol–water partition coefficient (Wildman–Crippen LogP) is 4.12. The summed E-state index contributed by atoms with van der Waals surface area (Å²) in [5.41, 5.74) is 17.6. The molecule has 1 radical (unpaired) electrons. The monoisotopic (exact) mass is 470 g/mol. The predicted molar refractivity (Wildman–Crippen MR) is 164 cm³/mol. The molecule has 6 rings (SSSR count). The van der Waals surface area contributed by atoms with Gasteiger partial charge in [0.1, 0.15) is 0 Å². The van der Waals surface area contributed by atoms with Crippen LogP contribution in [0.1, 0.15) is 79.0 Å². The first-order chi connectivity index (χ1) is 16.6. The molecule has 0 amide bonds. The fourth-order valence-corrected chi connectivity index (χ4v) is 6.49. The Bertz CT molecular complexity index is 1350. The molecule has 3 aliphatic rings. The van der Waals surface area contributed by atoms with E-state index in [4.69, 9.17) is 0 Å². The van der Waals surface area contributed by atoms with Crippen LogP contribution in [0.25, 0.3) is 0 Å². The maximum absolute atomic E-state index is 2.66. The normalized spacial score (nSPS) is 15.7. The van der Waals surface area contributed by atoms with Gasteiger partial charge in [0.25, 0.3) is 0 Å². The largest absolute Gasteiger partial charge is 0.314 e. The molecule has 0 aliphatic carbocycles. The molecule has 3 aliphatic heterocycles. The molecule has 181 valence electrons. The van der Waals surface area contributed by atoms with Gasteiger partial charge >= 0.3 is 0 Å². The molecule has 3 aromatic carbocycles. The highest BCUT2D eigenvalue weighted by molar-refractivity contribution is 6.94. The van der Waals surface area contributed by atoms with Crippen molar-refractivity contribution < 1.29 is 0 Å². The molecule has 0 atom stereocenters. The van der Waals surface area contributed by atoms with Crippen LogP contribution in [-0.2, 0) is 16.2 Å². The SMILES string of the molecule is CB1c2cc(C(C)(C)C)cc3c2N2c4c(cc(C(C)(C)C)cc4B(C)c4cc(C(C)(C)C)cc1c42)[B]3. The Morgan fingerprint density at radius 1 is 0.500 bits per heavy atom. The summed E-state index contributed by atoms with van der Waals surface area (Å²) in [6.45, 7) is 26.7. The molecular weight excluding hydrogens is 431 g/mol. The van der Waals surface area contributed by atoms with Crippen molar-refractivity contribution in [3.05, 3.63) is 53.1 Å². The van der Waals surface area contributed by atoms with Crippen molar-refractivity contribution in [3.8, 4) is 0 Å². The summed E-state index contributed by atoms with van der Waals surface area (Å²) in [6, 6.07) is 15.0. The zero-order valence-corrected chi connectivity index (χ0v) is 24.1. The molecule has 0 saturated heterocycles. The van der Waals surface area contributed by atoms with E-state index in [1.807, 2.05) is 0 Å². The zero-order chi connectivity index (χ0) is 26.1. The summed E-state index contributed by atoms with van der Waals surface area (Å²) in [5, 5.41) is 0. The lowest BCUT2D eigenvalue weighted by molar-refractivity contribution is 0.591. The highest BCUT2D eigenvalue weighted by atomic mass is 15.2. The molecule has 0 N–H and O–H groups in total. The van der Waals surface area contributed by atoms with Crippen molar-refractivity contribution in [1.82, 2.24) is 0 Å². The van der Waals surface area contributed by atoms with Gasteiger partial charge in [-0.05, 0) is 32.9 Å². The van der Waals surface area contributed by atoms with Crippen LogP contribution in [0.3, 0.4) is 0 Å². The Hall–Kier alpha value is -2.35. The van der Waals surface area contributed by atoms with Gasteiger partial charge in [0.15, 0.2) is 7.28 Å². The molecule has 36 heavy (non-hydrogen) atoms. The molecule has 0 saturated carbocycles. The number of benzene rings is 3. The van der Waals surface area contributed by atoms with E-state index in [1.165, 1.54) is 66.5 Å². The third kappa shape index (κ3) is 3.25. The Balaban J connectivity index is 1.75. The van der Waals surface area contributed by atoms with Crippen LogP contribution >= 0.6 is 0 Å². The van der Waals surface area contributed by atoms with Crippen LogP contribution in [0.5, 0.6) is 0 Å². The van der Waals surface area contributed by atoms with Gasteiger partial charge in [-0.2, -0.15) is 0 Å². The third-order valence-electron chi connectivity index (χ3n) is 8.95. The minimum Gasteiger partial charge on any atom is -0.314 e. The summed E-state index contributed by atoms with van der Waals surface area (Å²) in [6.07, 6.45) is 0. The van der Waals surface area contributed by atoms with Crippen molar-refractivity contribution in [1.29, 1.82) is 0 Å². The van der Waals surface area contributed by atoms with Gasteiger partial charge in [-0.1, -0.05) is 145 Å². The van der Waals surface area contributed by atoms with E-state index in [2.05, 4.69) is 125 Å². The zero-order valence-electron chi connectivity index (χ0n) is 24.1. The average molecular weight is 470 g/mol. The molecule has 0 fully saturated rings. The van der Waals surface area contributed by atoms with Crippen LogP contribution in [-0.4, -0.2) is 20.7 Å². The van der Waals surface area contributed by atoms with Gasteiger partial charge in [-0.3, -0.25) is 0 Å². The van der Waals surface area contributed by atoms with E-state index < -0.39 is 0 Å². The first-order valence-corrected chi connectivity index (χ1v) is 13.8. The van der Waals surface area contributed by atoms with E-state index in [0.717, 1.165) is 0 Å². The summed E-state index contributed by atoms with van der Waals surface area (Å²) in [7, 11) is 2.48. The Morgan fingerprint density at radius 2 is 0.806 bits per heavy atom. The topological polar surface area (TPSA) is 3.24 Å². The molecular formula is C32H39B3N. The lowest BCUT2D eigenvalue weighted by Crippen LogP contribution is -2.63. The standard InChI is InChI=1S/C32H39B3N/c1-30(2,3)18-12-21-27-23(14-18)34(10)25-16-20(32(7,8)9)17-26-29(25)36(27)28-22(33-21)13-19(31(4,5)6)15-24(28)35(26)11/h12-17H,1-11H3. The van der Waals surface area contributed by atoms with E-state index in [0.29, 0.717) is 13.4 Å². The molecule has 0 unspecified atom stereocenters. The van der Waals surface area contributed by atoms with Gasteiger partial charge in [-0.25, -0.2) is 0 Å². The van der Waals surface area contributed by atoms with Crippen molar-refractivity contribution in [2.24, 2.45) is 0 Å². The molecule has 0 aromatic heterocycles. The maximum Gasteiger partial charge on any atom is 0.211 e. The van der Waals surface area contributed by atoms with Crippen LogP contribution in [0, 0.1) is 0 Å². The maximum atomic E-state index is 2.66. The summed E-state index contributed by atoms with van der Waals surface area (Å²) in [4.78, 5) is 2.66. The van der Waals surface area contributed by atoms with E-state index >= 15 is 0 Å². The van der Waals surface area contributed by atoms with E-state index in [9.17, 15) is 0 Å². The van der Waals surface area contributed by atoms with Gasteiger partial charge < -0.3 is 4.90 Å². The number of rotatable bonds is 0. The van der Waals surface area contributed by atoms with Crippen LogP contribution in [0.15, 0.2) is 36.4 Å². The fraction of sp³-hybridized carbons (Fsp3) is 0.438. The first-order valence-electron chi connectivity index (χ1n) is 13.8. The first kappa shape index (κ1) is 24.0. The summed E-state index contributed by atoms with van der Waals surface area (Å²) >= 11 is 0. The van der Waals surface area contributed by atoms with Crippen molar-refractivity contribution in [2.75, 3.05) is 4.90 Å². The number of hydrogen-bond donors (Lipinski definition) is 0. The molecule has 4 heteroatoms. The summed E-state index contributed by atoms with van der Waals surface area (Å²) < 4.78 is 0. The second kappa shape index (κ2) is 7.15. The van der Waals surface area contributed by atoms with Gasteiger partial charge in [-0.15, -0.1) is 0 Å². The molecule has 3 aromatic rings. The van der Waals surface area contributed by atoms with Gasteiger partial charge in [0.05, 0.1) is 0 Å². The quantitative estimate of drug-likeness (QED) is 0.350. The minimum atomic E-state index is 0.104. The van der Waals surface area contributed by atoms with Gasteiger partial charge in [0, 0.05) is 17.1 Å². The number of hydrogen-bond acceptors (Lipinski definition) is 1. The average Bonchev–Trinajstić information content (AvgIpc) is 2.76. The Morgan fingerprint density at radius 3 is 1.14 bits per heavy atom. The van der Waals surface area contributed by atoms with Gasteiger partial charge in [0.2, 0.25) is 13.4 Å². The molecule has 0 bridgehead atoms. The minimum absolute atomic E-state index is 0.104. The highest BCUT2D eigenvalue weighted by Gasteiger charge is 2.44. The number of nitrogens with zero attached hydrogens (tertiary/aromatic N) is 1. The van der Waals surface area contributed by atoms with Crippen molar-refractivity contribution >= 4 is 70.5 Å². The van der Waals surface area contributed by atoms with Crippen molar-refractivity contribution in [2.45, 2.75) is 92.2 Å². The van der Waals surface area contributed by atoms with Crippen LogP contribution < -0.4 is 37.7 Å². The van der Waals surface area contributed by atoms with E-state index in [-0.39, 0.29) is 16.2 Å². The molecule has 0 spiro atoms. The lowest BCUT2D eigenvalue weighted by Gasteiger charge is -2.48. The molecule has 3 heterocycles. The summed E-state index contributed by atoms with van der Waals surface area (Å²) in [5.74, 6) is 0. The van der Waals surface area contributed by atoms with Crippen LogP contribution in [0.4, 0.5) is 17.1 Å². The number of anilines is 3. The molecule has 1 nitrogen and oxygen atoms in total. The second-order valence-corrected chi connectivity index (χ2v) is 14.7. The fourth-order valence-electron chi connectivity index (χ4n) is 6.49. The van der Waals surface area contributed by atoms with Crippen molar-refractivity contribution in [3.63, 3.8) is 0 Å². The lowest BCUT2D eigenvalue weighted by atomic mass is 9.33. The highest BCUT2D eigenvalue weighted by Crippen LogP contribution is 2.40. The van der Waals surface area contributed by atoms with E-state index in [1.54, 1.807) is 0 Å². The van der Waals surface area contributed by atoms with Crippen LogP contribution in [0.2, 0.25) is 13.6 Å². The second-order valence-electron chi connectivity index (χ2n) is 14.7. The third-order valence-corrected chi connectivity index (χ3v) is 8.95. The Kier molecular flexibility index (Phi) is 4.77.